The molecule has 3 aromatic rings. The van der Waals surface area contributed by atoms with Crippen molar-refractivity contribution in [2.24, 2.45) is 5.73 Å². The maximum absolute atomic E-state index is 9.91. The number of benzene rings is 2. The molecule has 0 amide bonds. The van der Waals surface area contributed by atoms with Gasteiger partial charge in [0.2, 0.25) is 0 Å². The van der Waals surface area contributed by atoms with Crippen LogP contribution < -0.4 is 5.73 Å². The van der Waals surface area contributed by atoms with Crippen LogP contribution >= 0.6 is 15.9 Å². The van der Waals surface area contributed by atoms with Gasteiger partial charge in [-0.1, -0.05) is 46.3 Å². The second-order valence-corrected chi connectivity index (χ2v) is 5.51. The number of phenols is 1. The molecule has 1 heterocycles. The van der Waals surface area contributed by atoms with E-state index in [1.54, 1.807) is 18.2 Å². The van der Waals surface area contributed by atoms with E-state index in [0.717, 1.165) is 10.0 Å². The molecule has 1 atom stereocenters. The molecule has 1 aromatic heterocycles. The van der Waals surface area contributed by atoms with E-state index in [1.165, 1.54) is 0 Å². The van der Waals surface area contributed by atoms with Crippen LogP contribution in [0.25, 0.3) is 11.4 Å². The molecule has 0 aliphatic carbocycles. The van der Waals surface area contributed by atoms with Gasteiger partial charge in [0.15, 0.2) is 5.82 Å². The summed E-state index contributed by atoms with van der Waals surface area (Å²) >= 11 is 3.36. The minimum Gasteiger partial charge on any atom is -0.507 e. The molecule has 0 bridgehead atoms. The number of hydrogen-bond donors (Lipinski definition) is 3. The summed E-state index contributed by atoms with van der Waals surface area (Å²) in [4.78, 5) is 4.39. The number of nitrogens with one attached hydrogen (secondary N) is 1. The minimum atomic E-state index is -0.387. The summed E-state index contributed by atoms with van der Waals surface area (Å²) in [7, 11) is 0. The first-order valence-electron chi connectivity index (χ1n) is 6.37. The van der Waals surface area contributed by atoms with Crippen molar-refractivity contribution in [2.45, 2.75) is 6.04 Å². The zero-order chi connectivity index (χ0) is 14.8. The summed E-state index contributed by atoms with van der Waals surface area (Å²) in [5, 5.41) is 16.9. The van der Waals surface area contributed by atoms with Crippen molar-refractivity contribution in [3.05, 3.63) is 64.4 Å². The Kier molecular flexibility index (Phi) is 3.72. The molecule has 106 valence electrons. The Bertz CT molecular complexity index is 757. The quantitative estimate of drug-likeness (QED) is 0.681. The molecule has 0 fully saturated rings. The minimum absolute atomic E-state index is 0.122. The lowest BCUT2D eigenvalue weighted by atomic mass is 10.1. The fourth-order valence-electron chi connectivity index (χ4n) is 2.04. The third-order valence-corrected chi connectivity index (χ3v) is 3.65. The van der Waals surface area contributed by atoms with Crippen LogP contribution in [0.3, 0.4) is 0 Å². The molecule has 21 heavy (non-hydrogen) atoms. The van der Waals surface area contributed by atoms with E-state index in [4.69, 9.17) is 5.73 Å². The molecular weight excluding hydrogens is 332 g/mol. The number of aromatic nitrogens is 3. The van der Waals surface area contributed by atoms with Gasteiger partial charge in [0, 0.05) is 4.47 Å². The molecule has 0 radical (unpaired) electrons. The van der Waals surface area contributed by atoms with Crippen LogP contribution in [0.1, 0.15) is 17.4 Å². The van der Waals surface area contributed by atoms with Crippen LogP contribution in [0, 0.1) is 0 Å². The summed E-state index contributed by atoms with van der Waals surface area (Å²) in [5.74, 6) is 1.09. The fourth-order valence-corrected chi connectivity index (χ4v) is 2.40. The van der Waals surface area contributed by atoms with Gasteiger partial charge in [-0.3, -0.25) is 5.10 Å². The number of rotatable bonds is 3. The first-order valence-corrected chi connectivity index (χ1v) is 7.16. The number of aromatic hydroxyl groups is 1. The van der Waals surface area contributed by atoms with Gasteiger partial charge in [0.25, 0.3) is 0 Å². The first-order chi connectivity index (χ1) is 10.1. The van der Waals surface area contributed by atoms with Crippen molar-refractivity contribution in [2.75, 3.05) is 0 Å². The average Bonchev–Trinajstić information content (AvgIpc) is 2.99. The highest BCUT2D eigenvalue weighted by atomic mass is 79.9. The molecule has 0 saturated heterocycles. The van der Waals surface area contributed by atoms with Gasteiger partial charge in [0.1, 0.15) is 11.6 Å². The Morgan fingerprint density at radius 3 is 2.67 bits per heavy atom. The lowest BCUT2D eigenvalue weighted by Gasteiger charge is -2.07. The van der Waals surface area contributed by atoms with E-state index in [0.29, 0.717) is 17.2 Å². The van der Waals surface area contributed by atoms with E-state index in [-0.39, 0.29) is 11.8 Å². The number of H-pyrrole nitrogens is 1. The maximum atomic E-state index is 9.91. The topological polar surface area (TPSA) is 87.8 Å². The summed E-state index contributed by atoms with van der Waals surface area (Å²) < 4.78 is 0.842. The van der Waals surface area contributed by atoms with E-state index >= 15 is 0 Å². The molecule has 0 saturated carbocycles. The van der Waals surface area contributed by atoms with Crippen molar-refractivity contribution in [3.63, 3.8) is 0 Å². The molecule has 0 aliphatic heterocycles. The van der Waals surface area contributed by atoms with Gasteiger partial charge in [-0.05, 0) is 23.8 Å². The monoisotopic (exact) mass is 344 g/mol. The number of nitrogens with two attached hydrogens (primary N) is 1. The zero-order valence-electron chi connectivity index (χ0n) is 11.0. The molecule has 5 nitrogen and oxygen atoms in total. The van der Waals surface area contributed by atoms with E-state index in [9.17, 15) is 5.11 Å². The Hall–Kier alpha value is -2.18. The lowest BCUT2D eigenvalue weighted by Crippen LogP contribution is -2.13. The Morgan fingerprint density at radius 2 is 1.90 bits per heavy atom. The molecule has 3 rings (SSSR count). The Balaban J connectivity index is 1.95. The van der Waals surface area contributed by atoms with E-state index < -0.39 is 0 Å². The third kappa shape index (κ3) is 2.81. The number of nitrogens with zero attached hydrogens (tertiary/aromatic N) is 2. The zero-order valence-corrected chi connectivity index (χ0v) is 12.6. The summed E-state index contributed by atoms with van der Waals surface area (Å²) in [6.07, 6.45) is 0. The smallest absolute Gasteiger partial charge is 0.184 e. The van der Waals surface area contributed by atoms with Crippen LogP contribution in [-0.4, -0.2) is 20.3 Å². The van der Waals surface area contributed by atoms with Gasteiger partial charge in [-0.2, -0.15) is 5.10 Å². The standard InChI is InChI=1S/C15H13BrN4O/c16-10-6-7-12(21)11(8-10)14-18-15(20-19-14)13(17)9-4-2-1-3-5-9/h1-8,13,21H,17H2,(H,18,19,20)/t13-/m1/s1. The SMILES string of the molecule is N[C@H](c1ccccc1)c1nc(-c2cc(Br)ccc2O)n[nH]1. The van der Waals surface area contributed by atoms with Gasteiger partial charge in [0.05, 0.1) is 11.6 Å². The molecular formula is C15H13BrN4O. The predicted octanol–water partition coefficient (Wildman–Crippen LogP) is 2.99. The van der Waals surface area contributed by atoms with Gasteiger partial charge in [-0.15, -0.1) is 0 Å². The van der Waals surface area contributed by atoms with Crippen molar-refractivity contribution in [1.29, 1.82) is 0 Å². The summed E-state index contributed by atoms with van der Waals surface area (Å²) in [5.41, 5.74) is 7.66. The van der Waals surface area contributed by atoms with Crippen LogP contribution in [0.5, 0.6) is 5.75 Å². The molecule has 0 spiro atoms. The molecule has 4 N–H and O–H groups in total. The molecule has 0 aliphatic rings. The summed E-state index contributed by atoms with van der Waals surface area (Å²) in [6.45, 7) is 0. The summed E-state index contributed by atoms with van der Waals surface area (Å²) in [6, 6.07) is 14.4. The number of phenolic OH excluding ortho intramolecular Hbond substituents is 1. The van der Waals surface area contributed by atoms with E-state index in [1.807, 2.05) is 30.3 Å². The third-order valence-electron chi connectivity index (χ3n) is 3.16. The first kappa shape index (κ1) is 13.8. The molecule has 0 unspecified atom stereocenters. The number of hydrogen-bond acceptors (Lipinski definition) is 4. The molecule has 6 heteroatoms. The van der Waals surface area contributed by atoms with Crippen LogP contribution in [0.4, 0.5) is 0 Å². The second kappa shape index (κ2) is 5.67. The van der Waals surface area contributed by atoms with Crippen molar-refractivity contribution >= 4 is 15.9 Å². The lowest BCUT2D eigenvalue weighted by molar-refractivity contribution is 0.477. The predicted molar refractivity (Wildman–Crippen MR) is 83.7 cm³/mol. The molecule has 2 aromatic carbocycles. The van der Waals surface area contributed by atoms with Gasteiger partial charge >= 0.3 is 0 Å². The van der Waals surface area contributed by atoms with Crippen molar-refractivity contribution in [3.8, 4) is 17.1 Å². The normalized spacial score (nSPS) is 12.3. The average molecular weight is 345 g/mol. The van der Waals surface area contributed by atoms with Crippen molar-refractivity contribution < 1.29 is 5.11 Å². The Morgan fingerprint density at radius 1 is 1.14 bits per heavy atom. The Labute approximate surface area is 130 Å². The number of halogens is 1. The number of aromatic amines is 1. The van der Waals surface area contributed by atoms with Gasteiger partial charge < -0.3 is 10.8 Å². The highest BCUT2D eigenvalue weighted by Crippen LogP contribution is 2.30. The highest BCUT2D eigenvalue weighted by molar-refractivity contribution is 9.10. The largest absolute Gasteiger partial charge is 0.507 e. The van der Waals surface area contributed by atoms with Crippen LogP contribution in [0.15, 0.2) is 53.0 Å². The second-order valence-electron chi connectivity index (χ2n) is 4.59. The van der Waals surface area contributed by atoms with Crippen LogP contribution in [0.2, 0.25) is 0 Å². The fraction of sp³-hybridized carbons (Fsp3) is 0.0667. The van der Waals surface area contributed by atoms with Crippen LogP contribution in [-0.2, 0) is 0 Å². The maximum Gasteiger partial charge on any atom is 0.184 e. The van der Waals surface area contributed by atoms with Crippen molar-refractivity contribution in [1.82, 2.24) is 15.2 Å². The van der Waals surface area contributed by atoms with Gasteiger partial charge in [-0.25, -0.2) is 4.98 Å². The highest BCUT2D eigenvalue weighted by Gasteiger charge is 2.16. The van der Waals surface area contributed by atoms with E-state index in [2.05, 4.69) is 31.1 Å².